The van der Waals surface area contributed by atoms with Crippen molar-refractivity contribution in [2.24, 2.45) is 0 Å². The first kappa shape index (κ1) is 5.94. The van der Waals surface area contributed by atoms with E-state index in [9.17, 15) is 9.59 Å². The van der Waals surface area contributed by atoms with Crippen molar-refractivity contribution < 1.29 is 14.7 Å². The van der Waals surface area contributed by atoms with E-state index < -0.39 is 6.09 Å². The molecule has 4 nitrogen and oxygen atoms in total. The number of hydrogen-bond acceptors (Lipinski definition) is 2. The van der Waals surface area contributed by atoms with Crippen molar-refractivity contribution in [2.75, 3.05) is 7.05 Å². The molecule has 0 spiro atoms. The highest BCUT2D eigenvalue weighted by molar-refractivity contribution is 5.78. The third kappa shape index (κ3) is 1.75. The van der Waals surface area contributed by atoms with Gasteiger partial charge >= 0.3 is 12.5 Å². The second-order valence-corrected chi connectivity index (χ2v) is 0.933. The molecule has 0 fully saturated rings. The second-order valence-electron chi connectivity index (χ2n) is 0.933. The molecule has 0 aromatic heterocycles. The van der Waals surface area contributed by atoms with Gasteiger partial charge in [-0.25, -0.2) is 9.69 Å². The number of amides is 2. The molecule has 1 N–H and O–H groups in total. The summed E-state index contributed by atoms with van der Waals surface area (Å²) in [4.78, 5) is 19.4. The minimum atomic E-state index is -1.30. The molecule has 0 aromatic carbocycles. The summed E-state index contributed by atoms with van der Waals surface area (Å²) in [6.07, 6.45) is -0.148. The molecule has 0 bridgehead atoms. The van der Waals surface area contributed by atoms with Gasteiger partial charge < -0.3 is 5.11 Å². The van der Waals surface area contributed by atoms with E-state index >= 15 is 0 Å². The van der Waals surface area contributed by atoms with E-state index in [2.05, 4.69) is 0 Å². The summed E-state index contributed by atoms with van der Waals surface area (Å²) in [6, 6.07) is 0. The van der Waals surface area contributed by atoms with E-state index in [4.69, 9.17) is 5.11 Å². The van der Waals surface area contributed by atoms with Gasteiger partial charge in [-0.05, 0) is 0 Å². The quantitative estimate of drug-likeness (QED) is 0.461. The smallest absolute Gasteiger partial charge is 0.414 e. The van der Waals surface area contributed by atoms with Crippen molar-refractivity contribution in [2.45, 2.75) is 0 Å². The van der Waals surface area contributed by atoms with Crippen molar-refractivity contribution in [1.82, 2.24) is 4.90 Å². The monoisotopic (exact) mass is 102 g/mol. The summed E-state index contributed by atoms with van der Waals surface area (Å²) in [6.45, 7) is 0. The first-order valence-corrected chi connectivity index (χ1v) is 1.53. The van der Waals surface area contributed by atoms with Crippen LogP contribution in [0.5, 0.6) is 0 Å². The molecule has 7 heavy (non-hydrogen) atoms. The van der Waals surface area contributed by atoms with Crippen LogP contribution >= 0.6 is 0 Å². The highest BCUT2D eigenvalue weighted by Crippen LogP contribution is 1.71. The zero-order chi connectivity index (χ0) is 5.86. The second kappa shape index (κ2) is 2.17. The molecule has 0 rings (SSSR count). The lowest BCUT2D eigenvalue weighted by Gasteiger charge is -1.96. The van der Waals surface area contributed by atoms with Gasteiger partial charge in [0, 0.05) is 7.05 Å². The van der Waals surface area contributed by atoms with Crippen molar-refractivity contribution in [3.05, 3.63) is 0 Å². The average molecular weight is 102 g/mol. The van der Waals surface area contributed by atoms with Crippen LogP contribution in [0.3, 0.4) is 0 Å². The number of nitrogens with zero attached hydrogens (tertiary/aromatic N) is 1. The molecule has 0 heterocycles. The Kier molecular flexibility index (Phi) is 1.84. The zero-order valence-electron chi connectivity index (χ0n) is 3.71. The average Bonchev–Trinajstić information content (AvgIpc) is 1.65. The van der Waals surface area contributed by atoms with Crippen LogP contribution in [0.2, 0.25) is 0 Å². The maximum absolute atomic E-state index is 9.59. The van der Waals surface area contributed by atoms with E-state index in [1.54, 1.807) is 0 Å². The highest BCUT2D eigenvalue weighted by Gasteiger charge is 2.00. The SMILES string of the molecule is CN([C]=O)C(=O)O. The summed E-state index contributed by atoms with van der Waals surface area (Å²) in [5.74, 6) is 0. The van der Waals surface area contributed by atoms with Gasteiger partial charge in [0.1, 0.15) is 0 Å². The number of hydrogen-bond donors (Lipinski definition) is 1. The van der Waals surface area contributed by atoms with Crippen molar-refractivity contribution >= 4 is 12.5 Å². The molecule has 39 valence electrons. The number of carbonyl (C=O) groups is 1. The Morgan fingerprint density at radius 2 is 2.29 bits per heavy atom. The summed E-state index contributed by atoms with van der Waals surface area (Å²) in [5.41, 5.74) is 0. The van der Waals surface area contributed by atoms with Crippen LogP contribution in [0.4, 0.5) is 4.79 Å². The molecule has 0 saturated carbocycles. The molecule has 0 saturated heterocycles. The topological polar surface area (TPSA) is 57.6 Å². The summed E-state index contributed by atoms with van der Waals surface area (Å²) >= 11 is 0. The number of imide groups is 1. The zero-order valence-corrected chi connectivity index (χ0v) is 3.71. The molecule has 0 aliphatic heterocycles. The molecule has 2 amide bonds. The molecule has 1 radical (unpaired) electrons. The van der Waals surface area contributed by atoms with Crippen molar-refractivity contribution in [1.29, 1.82) is 0 Å². The van der Waals surface area contributed by atoms with Gasteiger partial charge in [0.2, 0.25) is 0 Å². The molecular weight excluding hydrogens is 98.0 g/mol. The Bertz CT molecular complexity index is 90.2. The van der Waals surface area contributed by atoms with Gasteiger partial charge in [0.05, 0.1) is 0 Å². The fourth-order valence-electron chi connectivity index (χ4n) is 0.0390. The lowest BCUT2D eigenvalue weighted by Crippen LogP contribution is -2.21. The number of rotatable bonds is 1. The number of carbonyl (C=O) groups excluding carboxylic acids is 1. The molecule has 0 unspecified atom stereocenters. The van der Waals surface area contributed by atoms with E-state index in [1.165, 1.54) is 0 Å². The minimum Gasteiger partial charge on any atom is -0.465 e. The fraction of sp³-hybridized carbons (Fsp3) is 0.333. The standard InChI is InChI=1S/C3H4NO3/c1-4(2-5)3(6)7/h1H3,(H,6,7). The summed E-state index contributed by atoms with van der Waals surface area (Å²) in [7, 11) is 1.11. The van der Waals surface area contributed by atoms with Crippen LogP contribution < -0.4 is 0 Å². The van der Waals surface area contributed by atoms with E-state index in [0.717, 1.165) is 13.5 Å². The molecule has 0 aliphatic carbocycles. The maximum atomic E-state index is 9.59. The third-order valence-corrected chi connectivity index (χ3v) is 0.424. The van der Waals surface area contributed by atoms with Crippen molar-refractivity contribution in [3.8, 4) is 0 Å². The lowest BCUT2D eigenvalue weighted by atomic mass is 10.9. The van der Waals surface area contributed by atoms with Crippen LogP contribution in [0.1, 0.15) is 0 Å². The molecule has 0 atom stereocenters. The number of carboxylic acid groups (broad SMARTS) is 1. The molecule has 0 aromatic rings. The van der Waals surface area contributed by atoms with E-state index in [1.807, 2.05) is 0 Å². The third-order valence-electron chi connectivity index (χ3n) is 0.424. The van der Waals surface area contributed by atoms with Crippen LogP contribution in [-0.4, -0.2) is 29.6 Å². The first-order chi connectivity index (χ1) is 3.18. The minimum absolute atomic E-state index is 0.403. The van der Waals surface area contributed by atoms with Crippen LogP contribution in [-0.2, 0) is 4.79 Å². The Labute approximate surface area is 40.3 Å². The van der Waals surface area contributed by atoms with Gasteiger partial charge in [-0.3, -0.25) is 4.79 Å². The predicted molar refractivity (Wildman–Crippen MR) is 21.5 cm³/mol. The van der Waals surface area contributed by atoms with Gasteiger partial charge in [0.25, 0.3) is 0 Å². The lowest BCUT2D eigenvalue weighted by molar-refractivity contribution is 0.174. The van der Waals surface area contributed by atoms with Crippen molar-refractivity contribution in [3.63, 3.8) is 0 Å². The highest BCUT2D eigenvalue weighted by atomic mass is 16.4. The van der Waals surface area contributed by atoms with E-state index in [-0.39, 0.29) is 0 Å². The van der Waals surface area contributed by atoms with E-state index in [0.29, 0.717) is 4.90 Å². The Morgan fingerprint density at radius 1 is 1.86 bits per heavy atom. The molecular formula is C3H4NO3. The van der Waals surface area contributed by atoms with Crippen LogP contribution in [0, 0.1) is 0 Å². The predicted octanol–water partition coefficient (Wildman–Crippen LogP) is -0.337. The van der Waals surface area contributed by atoms with Gasteiger partial charge in [-0.1, -0.05) is 0 Å². The normalized spacial score (nSPS) is 7.57. The Hall–Kier alpha value is -1.06. The molecule has 0 aliphatic rings. The molecule has 4 heteroatoms. The largest absolute Gasteiger partial charge is 0.465 e. The first-order valence-electron chi connectivity index (χ1n) is 1.53. The van der Waals surface area contributed by atoms with Gasteiger partial charge in [0.15, 0.2) is 0 Å². The summed E-state index contributed by atoms with van der Waals surface area (Å²) in [5, 5.41) is 7.85. The fourth-order valence-corrected chi connectivity index (χ4v) is 0.0390. The van der Waals surface area contributed by atoms with Gasteiger partial charge in [-0.15, -0.1) is 0 Å². The summed E-state index contributed by atoms with van der Waals surface area (Å²) < 4.78 is 0. The van der Waals surface area contributed by atoms with Crippen LogP contribution in [0.25, 0.3) is 0 Å². The maximum Gasteiger partial charge on any atom is 0.414 e. The van der Waals surface area contributed by atoms with Gasteiger partial charge in [-0.2, -0.15) is 0 Å². The Morgan fingerprint density at radius 3 is 2.29 bits per heavy atom. The van der Waals surface area contributed by atoms with Crippen LogP contribution in [0.15, 0.2) is 0 Å². The Balaban J connectivity index is 3.55.